The minimum absolute atomic E-state index is 0.0882. The molecule has 1 atom stereocenters. The highest BCUT2D eigenvalue weighted by Gasteiger charge is 2.22. The van der Waals surface area contributed by atoms with Gasteiger partial charge in [-0.15, -0.1) is 0 Å². The van der Waals surface area contributed by atoms with E-state index in [-0.39, 0.29) is 23.4 Å². The molecule has 3 aromatic rings. The van der Waals surface area contributed by atoms with E-state index in [1.54, 1.807) is 12.1 Å². The number of carbonyl (C=O) groups is 1. The standard InChI is InChI=1S/C26H32N4O4S/c1-3-30(19(2)24-16-20-10-6-7-13-23(20)34-24)18-26(31)28-21-11-9-12-22(17-21)35(32,33)29-25-14-5-4-8-15-27-25/h6-7,9-13,16-17,19H,3-5,8,14-15,18H2,1-2H3,(H,27,29)(H,28,31). The van der Waals surface area contributed by atoms with Gasteiger partial charge >= 0.3 is 0 Å². The van der Waals surface area contributed by atoms with Crippen molar-refractivity contribution >= 4 is 38.4 Å². The quantitative estimate of drug-likeness (QED) is 0.470. The molecule has 0 saturated carbocycles. The number of amides is 1. The van der Waals surface area contributed by atoms with Gasteiger partial charge in [0.1, 0.15) is 17.2 Å². The average Bonchev–Trinajstić information content (AvgIpc) is 3.12. The molecule has 186 valence electrons. The highest BCUT2D eigenvalue weighted by molar-refractivity contribution is 7.90. The van der Waals surface area contributed by atoms with E-state index in [2.05, 4.69) is 15.0 Å². The monoisotopic (exact) mass is 496 g/mol. The van der Waals surface area contributed by atoms with Gasteiger partial charge in [0.2, 0.25) is 5.91 Å². The lowest BCUT2D eigenvalue weighted by Crippen LogP contribution is -2.35. The van der Waals surface area contributed by atoms with Crippen LogP contribution in [0.3, 0.4) is 0 Å². The number of likely N-dealkylation sites (N-methyl/N-ethyl adjacent to an activating group) is 1. The second-order valence-corrected chi connectivity index (χ2v) is 10.4. The second kappa shape index (κ2) is 11.0. The summed E-state index contributed by atoms with van der Waals surface area (Å²) in [5, 5.41) is 3.86. The normalized spacial score (nSPS) is 15.5. The van der Waals surface area contributed by atoms with Gasteiger partial charge in [-0.1, -0.05) is 37.6 Å². The summed E-state index contributed by atoms with van der Waals surface area (Å²) in [7, 11) is -3.78. The lowest BCUT2D eigenvalue weighted by Gasteiger charge is -2.25. The van der Waals surface area contributed by atoms with Crippen molar-refractivity contribution < 1.29 is 17.6 Å². The van der Waals surface area contributed by atoms with Crippen molar-refractivity contribution in [2.45, 2.75) is 50.5 Å². The number of benzene rings is 2. The Morgan fingerprint density at radius 1 is 1.11 bits per heavy atom. The molecule has 0 spiro atoms. The van der Waals surface area contributed by atoms with E-state index in [0.29, 0.717) is 31.0 Å². The smallest absolute Gasteiger partial charge is 0.262 e. The minimum Gasteiger partial charge on any atom is -0.459 e. The Bertz CT molecular complexity index is 1280. The molecule has 1 aromatic heterocycles. The zero-order valence-electron chi connectivity index (χ0n) is 20.2. The maximum Gasteiger partial charge on any atom is 0.262 e. The van der Waals surface area contributed by atoms with Crippen molar-refractivity contribution in [3.05, 3.63) is 60.4 Å². The number of hydrogen-bond donors (Lipinski definition) is 2. The third-order valence-corrected chi connectivity index (χ3v) is 7.59. The molecule has 1 unspecified atom stereocenters. The summed E-state index contributed by atoms with van der Waals surface area (Å²) in [5.41, 5.74) is 1.24. The number of fused-ring (bicyclic) bond motifs is 1. The van der Waals surface area contributed by atoms with E-state index in [1.807, 2.05) is 49.1 Å². The van der Waals surface area contributed by atoms with Gasteiger partial charge in [0.05, 0.1) is 17.5 Å². The largest absolute Gasteiger partial charge is 0.459 e. The molecule has 4 rings (SSSR count). The summed E-state index contributed by atoms with van der Waals surface area (Å²) >= 11 is 0. The molecule has 0 bridgehead atoms. The Balaban J connectivity index is 1.41. The maximum absolute atomic E-state index is 12.9. The topological polar surface area (TPSA) is 104 Å². The summed E-state index contributed by atoms with van der Waals surface area (Å²) in [4.78, 5) is 19.3. The Morgan fingerprint density at radius 3 is 2.74 bits per heavy atom. The number of aliphatic imine (C=N–C) groups is 1. The number of furan rings is 1. The summed E-state index contributed by atoms with van der Waals surface area (Å²) in [6, 6.07) is 16.0. The summed E-state index contributed by atoms with van der Waals surface area (Å²) < 4.78 is 34.3. The van der Waals surface area contributed by atoms with Crippen LogP contribution in [0.15, 0.2) is 68.9 Å². The van der Waals surface area contributed by atoms with Gasteiger partial charge in [0.15, 0.2) is 0 Å². The Hall–Kier alpha value is -3.17. The number of carbonyl (C=O) groups excluding carboxylic acids is 1. The van der Waals surface area contributed by atoms with Crippen LogP contribution in [0.5, 0.6) is 0 Å². The fourth-order valence-electron chi connectivity index (χ4n) is 4.21. The molecule has 8 nitrogen and oxygen atoms in total. The average molecular weight is 497 g/mol. The van der Waals surface area contributed by atoms with Crippen LogP contribution >= 0.6 is 0 Å². The number of nitrogens with one attached hydrogen (secondary N) is 2. The van der Waals surface area contributed by atoms with Crippen molar-refractivity contribution in [3.8, 4) is 0 Å². The van der Waals surface area contributed by atoms with Gasteiger partial charge in [0, 0.05) is 24.0 Å². The molecule has 9 heteroatoms. The fraction of sp³-hybridized carbons (Fsp3) is 0.385. The predicted octanol–water partition coefficient (Wildman–Crippen LogP) is 4.71. The molecule has 1 amide bonds. The number of anilines is 1. The summed E-state index contributed by atoms with van der Waals surface area (Å²) in [6.45, 7) is 5.41. The van der Waals surface area contributed by atoms with Crippen molar-refractivity contribution in [3.63, 3.8) is 0 Å². The van der Waals surface area contributed by atoms with Gasteiger partial charge in [0.25, 0.3) is 10.0 Å². The van der Waals surface area contributed by atoms with Gasteiger partial charge in [-0.3, -0.25) is 19.4 Å². The first-order chi connectivity index (χ1) is 16.9. The summed E-state index contributed by atoms with van der Waals surface area (Å²) in [6.07, 6.45) is 3.54. The number of hydrogen-bond acceptors (Lipinski definition) is 6. The zero-order chi connectivity index (χ0) is 24.8. The van der Waals surface area contributed by atoms with Crippen LogP contribution in [0.1, 0.15) is 51.3 Å². The number of amidine groups is 1. The predicted molar refractivity (Wildman–Crippen MR) is 138 cm³/mol. The number of nitrogens with zero attached hydrogens (tertiary/aromatic N) is 2. The van der Waals surface area contributed by atoms with Gasteiger partial charge < -0.3 is 9.73 Å². The third-order valence-electron chi connectivity index (χ3n) is 6.21. The molecule has 1 aliphatic heterocycles. The van der Waals surface area contributed by atoms with Gasteiger partial charge in [-0.25, -0.2) is 8.42 Å². The molecular formula is C26H32N4O4S. The Morgan fingerprint density at radius 2 is 1.94 bits per heavy atom. The van der Waals surface area contributed by atoms with Crippen molar-refractivity contribution in [2.75, 3.05) is 25.0 Å². The second-order valence-electron chi connectivity index (χ2n) is 8.75. The van der Waals surface area contributed by atoms with Crippen LogP contribution in [0.4, 0.5) is 5.69 Å². The molecule has 2 aromatic carbocycles. The van der Waals surface area contributed by atoms with E-state index < -0.39 is 10.0 Å². The van der Waals surface area contributed by atoms with Gasteiger partial charge in [-0.2, -0.15) is 0 Å². The molecule has 0 radical (unpaired) electrons. The molecule has 0 fully saturated rings. The molecular weight excluding hydrogens is 464 g/mol. The number of para-hydroxylation sites is 1. The first kappa shape index (κ1) is 24.9. The highest BCUT2D eigenvalue weighted by atomic mass is 32.2. The van der Waals surface area contributed by atoms with Crippen LogP contribution in [0.2, 0.25) is 0 Å². The van der Waals surface area contributed by atoms with Crippen LogP contribution in [0, 0.1) is 0 Å². The van der Waals surface area contributed by atoms with E-state index in [4.69, 9.17) is 4.42 Å². The van der Waals surface area contributed by atoms with Crippen molar-refractivity contribution in [1.82, 2.24) is 9.62 Å². The lowest BCUT2D eigenvalue weighted by molar-refractivity contribution is -0.117. The SMILES string of the molecule is CCN(CC(=O)Nc1cccc(S(=O)(=O)NC2=NCCCCC2)c1)C(C)c1cc2ccccc2o1. The number of sulfonamides is 1. The van der Waals surface area contributed by atoms with Gasteiger partial charge in [-0.05, 0) is 56.6 Å². The highest BCUT2D eigenvalue weighted by Crippen LogP contribution is 2.27. The third kappa shape index (κ3) is 6.29. The maximum atomic E-state index is 12.9. The molecule has 0 aliphatic carbocycles. The molecule has 0 saturated heterocycles. The van der Waals surface area contributed by atoms with E-state index in [9.17, 15) is 13.2 Å². The Labute approximate surface area is 206 Å². The zero-order valence-corrected chi connectivity index (χ0v) is 21.0. The molecule has 35 heavy (non-hydrogen) atoms. The van der Waals surface area contributed by atoms with Crippen LogP contribution in [-0.2, 0) is 14.8 Å². The summed E-state index contributed by atoms with van der Waals surface area (Å²) in [5.74, 6) is 1.06. The van der Waals surface area contributed by atoms with E-state index >= 15 is 0 Å². The molecule has 2 N–H and O–H groups in total. The van der Waals surface area contributed by atoms with Crippen molar-refractivity contribution in [2.24, 2.45) is 4.99 Å². The minimum atomic E-state index is -3.78. The van der Waals surface area contributed by atoms with Crippen LogP contribution in [-0.4, -0.2) is 44.7 Å². The van der Waals surface area contributed by atoms with E-state index in [1.165, 1.54) is 12.1 Å². The first-order valence-electron chi connectivity index (χ1n) is 12.0. The lowest BCUT2D eigenvalue weighted by atomic mass is 10.2. The van der Waals surface area contributed by atoms with Crippen molar-refractivity contribution in [1.29, 1.82) is 0 Å². The fourth-order valence-corrected chi connectivity index (χ4v) is 5.34. The first-order valence-corrected chi connectivity index (χ1v) is 13.5. The molecule has 1 aliphatic rings. The molecule has 2 heterocycles. The number of rotatable bonds is 8. The Kier molecular flexibility index (Phi) is 7.87. The van der Waals surface area contributed by atoms with Crippen LogP contribution < -0.4 is 10.0 Å². The van der Waals surface area contributed by atoms with Crippen LogP contribution in [0.25, 0.3) is 11.0 Å². The van der Waals surface area contributed by atoms with E-state index in [0.717, 1.165) is 36.0 Å².